The third-order valence-corrected chi connectivity index (χ3v) is 2.60. The molecule has 0 spiro atoms. The van der Waals surface area contributed by atoms with E-state index >= 15 is 0 Å². The van der Waals surface area contributed by atoms with E-state index in [9.17, 15) is 4.79 Å². The Bertz CT molecular complexity index is 198. The largest absolute Gasteiger partial charge is 0.379 e. The van der Waals surface area contributed by atoms with Crippen LogP contribution in [0.4, 0.5) is 0 Å². The Morgan fingerprint density at radius 1 is 1.71 bits per heavy atom. The maximum Gasteiger partial charge on any atom is 0.234 e. The van der Waals surface area contributed by atoms with Crippen molar-refractivity contribution in [3.8, 4) is 0 Å². The molecule has 0 radical (unpaired) electrons. The van der Waals surface area contributed by atoms with Crippen LogP contribution in [0, 0.1) is 0 Å². The molecular formula is C9H19N3O2. The fourth-order valence-corrected chi connectivity index (χ4v) is 1.54. The van der Waals surface area contributed by atoms with Gasteiger partial charge in [0.1, 0.15) is 0 Å². The molecular weight excluding hydrogens is 182 g/mol. The zero-order chi connectivity index (χ0) is 10.6. The van der Waals surface area contributed by atoms with Crippen LogP contribution in [0.15, 0.2) is 0 Å². The average Bonchev–Trinajstić information content (AvgIpc) is 2.16. The molecule has 0 aromatic heterocycles. The van der Waals surface area contributed by atoms with Crippen LogP contribution in [0.3, 0.4) is 0 Å². The first kappa shape index (κ1) is 11.4. The summed E-state index contributed by atoms with van der Waals surface area (Å²) in [7, 11) is 0. The van der Waals surface area contributed by atoms with Gasteiger partial charge in [-0.3, -0.25) is 9.69 Å². The lowest BCUT2D eigenvalue weighted by Crippen LogP contribution is -2.46. The van der Waals surface area contributed by atoms with Crippen LogP contribution in [0.5, 0.6) is 0 Å². The van der Waals surface area contributed by atoms with Gasteiger partial charge < -0.3 is 16.2 Å². The van der Waals surface area contributed by atoms with Crippen LogP contribution in [-0.2, 0) is 9.53 Å². The number of nitrogens with two attached hydrogens (primary N) is 2. The quantitative estimate of drug-likeness (QED) is 0.605. The summed E-state index contributed by atoms with van der Waals surface area (Å²) in [6.07, 6.45) is 0.625. The predicted molar refractivity (Wildman–Crippen MR) is 53.6 cm³/mol. The molecule has 0 aromatic rings. The first-order chi connectivity index (χ1) is 6.61. The summed E-state index contributed by atoms with van der Waals surface area (Å²) < 4.78 is 5.30. The molecule has 1 heterocycles. The normalized spacial score (nSPS) is 26.0. The Balaban J connectivity index is 2.25. The molecule has 0 aromatic carbocycles. The lowest BCUT2D eigenvalue weighted by Gasteiger charge is -2.33. The molecule has 14 heavy (non-hydrogen) atoms. The lowest BCUT2D eigenvalue weighted by molar-refractivity contribution is -0.119. The fourth-order valence-electron chi connectivity index (χ4n) is 1.54. The van der Waals surface area contributed by atoms with Gasteiger partial charge in [0.15, 0.2) is 0 Å². The van der Waals surface area contributed by atoms with Crippen LogP contribution in [0.25, 0.3) is 0 Å². The first-order valence-electron chi connectivity index (χ1n) is 4.98. The van der Waals surface area contributed by atoms with E-state index in [0.717, 1.165) is 26.3 Å². The minimum absolute atomic E-state index is 0.406. The van der Waals surface area contributed by atoms with Crippen LogP contribution >= 0.6 is 0 Å². The van der Waals surface area contributed by atoms with Crippen LogP contribution < -0.4 is 11.5 Å². The molecule has 0 saturated carbocycles. The SMILES string of the molecule is CC1COCCN1CCC(N)C(N)=O. The summed E-state index contributed by atoms with van der Waals surface area (Å²) in [6, 6.07) is -0.117. The second-order valence-electron chi connectivity index (χ2n) is 3.76. The van der Waals surface area contributed by atoms with E-state index in [4.69, 9.17) is 16.2 Å². The minimum atomic E-state index is -0.523. The van der Waals surface area contributed by atoms with Crippen molar-refractivity contribution >= 4 is 5.91 Å². The molecule has 0 bridgehead atoms. The maximum absolute atomic E-state index is 10.7. The van der Waals surface area contributed by atoms with Crippen molar-refractivity contribution in [3.63, 3.8) is 0 Å². The summed E-state index contributed by atoms with van der Waals surface area (Å²) >= 11 is 0. The Morgan fingerprint density at radius 3 is 3.00 bits per heavy atom. The lowest BCUT2D eigenvalue weighted by atomic mass is 10.1. The van der Waals surface area contributed by atoms with E-state index in [1.807, 2.05) is 0 Å². The molecule has 2 unspecified atom stereocenters. The molecule has 0 aliphatic carbocycles. The smallest absolute Gasteiger partial charge is 0.234 e. The van der Waals surface area contributed by atoms with Crippen LogP contribution in [-0.4, -0.2) is 49.2 Å². The summed E-state index contributed by atoms with van der Waals surface area (Å²) in [4.78, 5) is 13.0. The van der Waals surface area contributed by atoms with Gasteiger partial charge in [-0.2, -0.15) is 0 Å². The number of primary amides is 1. The van der Waals surface area contributed by atoms with Gasteiger partial charge in [0.25, 0.3) is 0 Å². The van der Waals surface area contributed by atoms with Crippen molar-refractivity contribution in [1.82, 2.24) is 4.90 Å². The number of carbonyl (C=O) groups is 1. The number of hydrogen-bond donors (Lipinski definition) is 2. The Morgan fingerprint density at radius 2 is 2.43 bits per heavy atom. The van der Waals surface area contributed by atoms with Crippen LogP contribution in [0.1, 0.15) is 13.3 Å². The molecule has 5 nitrogen and oxygen atoms in total. The van der Waals surface area contributed by atoms with Gasteiger partial charge in [-0.05, 0) is 13.3 Å². The predicted octanol–water partition coefficient (Wildman–Crippen LogP) is -1.09. The Hall–Kier alpha value is -0.650. The second kappa shape index (κ2) is 5.29. The number of hydrogen-bond acceptors (Lipinski definition) is 4. The topological polar surface area (TPSA) is 81.6 Å². The molecule has 5 heteroatoms. The number of ether oxygens (including phenoxy) is 1. The molecule has 1 fully saturated rings. The van der Waals surface area contributed by atoms with Gasteiger partial charge in [0.05, 0.1) is 19.3 Å². The number of nitrogens with zero attached hydrogens (tertiary/aromatic N) is 1. The zero-order valence-electron chi connectivity index (χ0n) is 8.61. The van der Waals surface area contributed by atoms with Gasteiger partial charge >= 0.3 is 0 Å². The molecule has 1 aliphatic rings. The highest BCUT2D eigenvalue weighted by Crippen LogP contribution is 2.06. The number of amides is 1. The highest BCUT2D eigenvalue weighted by Gasteiger charge is 2.19. The third-order valence-electron chi connectivity index (χ3n) is 2.60. The molecule has 4 N–H and O–H groups in total. The summed E-state index contributed by atoms with van der Waals surface area (Å²) in [5.41, 5.74) is 10.6. The van der Waals surface area contributed by atoms with Crippen molar-refractivity contribution < 1.29 is 9.53 Å². The highest BCUT2D eigenvalue weighted by molar-refractivity contribution is 5.79. The van der Waals surface area contributed by atoms with Crippen molar-refractivity contribution in [3.05, 3.63) is 0 Å². The van der Waals surface area contributed by atoms with E-state index in [-0.39, 0.29) is 0 Å². The fraction of sp³-hybridized carbons (Fsp3) is 0.889. The summed E-state index contributed by atoms with van der Waals surface area (Å²) in [5.74, 6) is -0.425. The number of carbonyl (C=O) groups excluding carboxylic acids is 1. The molecule has 1 aliphatic heterocycles. The summed E-state index contributed by atoms with van der Waals surface area (Å²) in [6.45, 7) is 5.35. The van der Waals surface area contributed by atoms with E-state index in [1.165, 1.54) is 0 Å². The Kier molecular flexibility index (Phi) is 4.31. The monoisotopic (exact) mass is 201 g/mol. The van der Waals surface area contributed by atoms with Gasteiger partial charge in [0, 0.05) is 19.1 Å². The van der Waals surface area contributed by atoms with E-state index in [2.05, 4.69) is 11.8 Å². The van der Waals surface area contributed by atoms with Crippen molar-refractivity contribution in [2.45, 2.75) is 25.4 Å². The highest BCUT2D eigenvalue weighted by atomic mass is 16.5. The van der Waals surface area contributed by atoms with E-state index < -0.39 is 11.9 Å². The van der Waals surface area contributed by atoms with E-state index in [1.54, 1.807) is 0 Å². The third kappa shape index (κ3) is 3.25. The van der Waals surface area contributed by atoms with E-state index in [0.29, 0.717) is 12.5 Å². The van der Waals surface area contributed by atoms with Gasteiger partial charge in [-0.15, -0.1) is 0 Å². The summed E-state index contributed by atoms with van der Waals surface area (Å²) in [5, 5.41) is 0. The number of rotatable bonds is 4. The maximum atomic E-state index is 10.7. The zero-order valence-corrected chi connectivity index (χ0v) is 8.61. The van der Waals surface area contributed by atoms with Crippen LogP contribution in [0.2, 0.25) is 0 Å². The minimum Gasteiger partial charge on any atom is -0.379 e. The van der Waals surface area contributed by atoms with Crippen molar-refractivity contribution in [2.24, 2.45) is 11.5 Å². The molecule has 2 atom stereocenters. The van der Waals surface area contributed by atoms with Crippen molar-refractivity contribution in [2.75, 3.05) is 26.3 Å². The first-order valence-corrected chi connectivity index (χ1v) is 4.98. The second-order valence-corrected chi connectivity index (χ2v) is 3.76. The molecule has 82 valence electrons. The molecule has 1 amide bonds. The molecule has 1 rings (SSSR count). The van der Waals surface area contributed by atoms with Crippen molar-refractivity contribution in [1.29, 1.82) is 0 Å². The van der Waals surface area contributed by atoms with Gasteiger partial charge in [0.2, 0.25) is 5.91 Å². The average molecular weight is 201 g/mol. The van der Waals surface area contributed by atoms with Gasteiger partial charge in [-0.1, -0.05) is 0 Å². The standard InChI is InChI=1S/C9H19N3O2/c1-7-6-14-5-4-12(7)3-2-8(10)9(11)13/h7-8H,2-6,10H2,1H3,(H2,11,13). The Labute approximate surface area is 84.4 Å². The molecule has 1 saturated heterocycles. The number of morpholine rings is 1. The van der Waals surface area contributed by atoms with Gasteiger partial charge in [-0.25, -0.2) is 0 Å².